The number of hydrogen-bond donors (Lipinski definition) is 1. The highest BCUT2D eigenvalue weighted by atomic mass is 79.9. The van der Waals surface area contributed by atoms with Crippen molar-refractivity contribution >= 4 is 21.6 Å². The maximum atomic E-state index is 6.18. The van der Waals surface area contributed by atoms with Gasteiger partial charge in [-0.25, -0.2) is 0 Å². The quantitative estimate of drug-likeness (QED) is 0.696. The summed E-state index contributed by atoms with van der Waals surface area (Å²) in [5.41, 5.74) is 5.00. The molecule has 25 heavy (non-hydrogen) atoms. The second-order valence-corrected chi connectivity index (χ2v) is 8.77. The van der Waals surface area contributed by atoms with Crippen LogP contribution in [0.4, 0.5) is 5.69 Å². The lowest BCUT2D eigenvalue weighted by atomic mass is 9.82. The maximum Gasteiger partial charge on any atom is 0.113 e. The van der Waals surface area contributed by atoms with E-state index in [1.54, 1.807) is 0 Å². The third-order valence-electron chi connectivity index (χ3n) is 5.06. The van der Waals surface area contributed by atoms with Crippen LogP contribution >= 0.6 is 15.9 Å². The fourth-order valence-electron chi connectivity index (χ4n) is 3.70. The average molecular weight is 402 g/mol. The molecule has 0 spiro atoms. The number of fused-ring (bicyclic) bond motifs is 3. The molecule has 2 aliphatic heterocycles. The van der Waals surface area contributed by atoms with Gasteiger partial charge >= 0.3 is 0 Å². The number of nitrogens with one attached hydrogen (secondary N) is 1. The van der Waals surface area contributed by atoms with Crippen LogP contribution in [-0.4, -0.2) is 19.3 Å². The molecule has 1 N–H and O–H groups in total. The molecule has 0 aliphatic carbocycles. The van der Waals surface area contributed by atoms with Crippen molar-refractivity contribution in [1.29, 1.82) is 0 Å². The van der Waals surface area contributed by atoms with E-state index < -0.39 is 0 Å². The van der Waals surface area contributed by atoms with Crippen molar-refractivity contribution in [3.63, 3.8) is 0 Å². The SMILES string of the molecule is CC(C)(C)c1ccc2c(c1)C1OCCOC1C(c1cccc(Br)c1)N2. The van der Waals surface area contributed by atoms with Crippen molar-refractivity contribution < 1.29 is 9.47 Å². The highest BCUT2D eigenvalue weighted by molar-refractivity contribution is 9.10. The van der Waals surface area contributed by atoms with Crippen LogP contribution in [0.3, 0.4) is 0 Å². The molecule has 2 aromatic carbocycles. The summed E-state index contributed by atoms with van der Waals surface area (Å²) in [6.45, 7) is 8.01. The minimum Gasteiger partial charge on any atom is -0.375 e. The van der Waals surface area contributed by atoms with Crippen LogP contribution in [0.1, 0.15) is 49.6 Å². The summed E-state index contributed by atoms with van der Waals surface area (Å²) < 4.78 is 13.4. The molecule has 0 amide bonds. The van der Waals surface area contributed by atoms with Crippen molar-refractivity contribution in [2.75, 3.05) is 18.5 Å². The van der Waals surface area contributed by atoms with Gasteiger partial charge in [0.2, 0.25) is 0 Å². The van der Waals surface area contributed by atoms with Gasteiger partial charge in [0.05, 0.1) is 19.3 Å². The van der Waals surface area contributed by atoms with Crippen molar-refractivity contribution in [2.45, 2.75) is 44.4 Å². The Morgan fingerprint density at radius 1 is 1.04 bits per heavy atom. The molecule has 0 radical (unpaired) electrons. The van der Waals surface area contributed by atoms with Gasteiger partial charge in [0.15, 0.2) is 0 Å². The summed E-state index contributed by atoms with van der Waals surface area (Å²) >= 11 is 3.58. The maximum absolute atomic E-state index is 6.18. The summed E-state index contributed by atoms with van der Waals surface area (Å²) in [6.07, 6.45) is -0.0537. The first-order valence-corrected chi connectivity index (χ1v) is 9.62. The number of halogens is 1. The molecule has 1 saturated heterocycles. The van der Waals surface area contributed by atoms with Crippen LogP contribution in [0.25, 0.3) is 0 Å². The molecule has 132 valence electrons. The minimum absolute atomic E-state index is 0.0224. The Kier molecular flexibility index (Phi) is 4.38. The molecular weight excluding hydrogens is 378 g/mol. The van der Waals surface area contributed by atoms with E-state index >= 15 is 0 Å². The van der Waals surface area contributed by atoms with Gasteiger partial charge < -0.3 is 14.8 Å². The Bertz CT molecular complexity index is 784. The molecule has 3 nitrogen and oxygen atoms in total. The van der Waals surface area contributed by atoms with Gasteiger partial charge in [0, 0.05) is 15.7 Å². The lowest BCUT2D eigenvalue weighted by Crippen LogP contribution is -2.43. The highest BCUT2D eigenvalue weighted by Crippen LogP contribution is 2.45. The fraction of sp³-hybridized carbons (Fsp3) is 0.429. The Labute approximate surface area is 157 Å². The summed E-state index contributed by atoms with van der Waals surface area (Å²) in [7, 11) is 0. The Hall–Kier alpha value is -1.36. The number of hydrogen-bond acceptors (Lipinski definition) is 3. The molecule has 4 heteroatoms. The van der Waals surface area contributed by atoms with Gasteiger partial charge in [-0.3, -0.25) is 0 Å². The van der Waals surface area contributed by atoms with Crippen LogP contribution in [0, 0.1) is 0 Å². The lowest BCUT2D eigenvalue weighted by molar-refractivity contribution is -0.151. The molecule has 3 atom stereocenters. The highest BCUT2D eigenvalue weighted by Gasteiger charge is 2.41. The van der Waals surface area contributed by atoms with Crippen LogP contribution < -0.4 is 5.32 Å². The van der Waals surface area contributed by atoms with Gasteiger partial charge in [-0.15, -0.1) is 0 Å². The topological polar surface area (TPSA) is 30.5 Å². The van der Waals surface area contributed by atoms with E-state index in [-0.39, 0.29) is 23.7 Å². The van der Waals surface area contributed by atoms with Gasteiger partial charge in [0.1, 0.15) is 12.2 Å². The second-order valence-electron chi connectivity index (χ2n) is 7.86. The number of ether oxygens (including phenoxy) is 2. The molecule has 3 unspecified atom stereocenters. The molecule has 1 fully saturated rings. The van der Waals surface area contributed by atoms with Crippen molar-refractivity contribution in [3.05, 3.63) is 63.6 Å². The van der Waals surface area contributed by atoms with E-state index in [0.29, 0.717) is 13.2 Å². The zero-order valence-electron chi connectivity index (χ0n) is 14.9. The van der Waals surface area contributed by atoms with E-state index in [0.717, 1.165) is 10.2 Å². The molecule has 0 bridgehead atoms. The first kappa shape index (κ1) is 17.1. The van der Waals surface area contributed by atoms with Crippen LogP contribution in [0.15, 0.2) is 46.9 Å². The third kappa shape index (κ3) is 3.23. The molecule has 4 rings (SSSR count). The average Bonchev–Trinajstić information content (AvgIpc) is 2.60. The standard InChI is InChI=1S/C21H24BrNO2/c1-21(2,3)14-7-8-17-16(12-14)19-20(25-10-9-24-19)18(23-17)13-5-4-6-15(22)11-13/h4-8,11-12,18-20,23H,9-10H2,1-3H3. The normalized spacial score (nSPS) is 25.7. The van der Waals surface area contributed by atoms with Crippen molar-refractivity contribution in [1.82, 2.24) is 0 Å². The lowest BCUT2D eigenvalue weighted by Gasteiger charge is -2.43. The monoisotopic (exact) mass is 401 g/mol. The zero-order chi connectivity index (χ0) is 17.6. The molecule has 2 aromatic rings. The van der Waals surface area contributed by atoms with E-state index in [2.05, 4.69) is 78.4 Å². The van der Waals surface area contributed by atoms with E-state index in [4.69, 9.17) is 9.47 Å². The molecule has 2 heterocycles. The summed E-state index contributed by atoms with van der Waals surface area (Å²) in [5.74, 6) is 0. The Morgan fingerprint density at radius 2 is 1.84 bits per heavy atom. The number of anilines is 1. The molecule has 2 aliphatic rings. The van der Waals surface area contributed by atoms with E-state index in [9.17, 15) is 0 Å². The predicted octanol–water partition coefficient (Wildman–Crippen LogP) is 5.37. The second kappa shape index (κ2) is 6.42. The molecular formula is C21H24BrNO2. The Morgan fingerprint density at radius 3 is 2.60 bits per heavy atom. The smallest absolute Gasteiger partial charge is 0.113 e. The van der Waals surface area contributed by atoms with Crippen molar-refractivity contribution in [2.24, 2.45) is 0 Å². The number of rotatable bonds is 1. The summed E-state index contributed by atoms with van der Waals surface area (Å²) in [5, 5.41) is 3.69. The van der Waals surface area contributed by atoms with Gasteiger partial charge in [-0.1, -0.05) is 61.0 Å². The minimum atomic E-state index is -0.0312. The first-order chi connectivity index (χ1) is 11.9. The first-order valence-electron chi connectivity index (χ1n) is 8.83. The largest absolute Gasteiger partial charge is 0.375 e. The summed E-state index contributed by atoms with van der Waals surface area (Å²) in [4.78, 5) is 0. The Balaban J connectivity index is 1.78. The predicted molar refractivity (Wildman–Crippen MR) is 104 cm³/mol. The number of benzene rings is 2. The van der Waals surface area contributed by atoms with Gasteiger partial charge in [0.25, 0.3) is 0 Å². The van der Waals surface area contributed by atoms with Gasteiger partial charge in [-0.2, -0.15) is 0 Å². The fourth-order valence-corrected chi connectivity index (χ4v) is 4.12. The van der Waals surface area contributed by atoms with Crippen LogP contribution in [-0.2, 0) is 14.9 Å². The van der Waals surface area contributed by atoms with Crippen LogP contribution in [0.5, 0.6) is 0 Å². The van der Waals surface area contributed by atoms with Gasteiger partial charge in [-0.05, 0) is 34.7 Å². The van der Waals surface area contributed by atoms with Crippen molar-refractivity contribution in [3.8, 4) is 0 Å². The van der Waals surface area contributed by atoms with Crippen LogP contribution in [0.2, 0.25) is 0 Å². The zero-order valence-corrected chi connectivity index (χ0v) is 16.5. The van der Waals surface area contributed by atoms with E-state index in [1.807, 2.05) is 6.07 Å². The third-order valence-corrected chi connectivity index (χ3v) is 5.55. The van der Waals surface area contributed by atoms with E-state index in [1.165, 1.54) is 16.7 Å². The summed E-state index contributed by atoms with van der Waals surface area (Å²) in [6, 6.07) is 15.2. The molecule has 0 aromatic heterocycles. The molecule has 0 saturated carbocycles.